The number of likely N-dealkylation sites (N-methyl/N-ethyl adjacent to an activating group) is 1. The van der Waals surface area contributed by atoms with Crippen molar-refractivity contribution in [2.24, 2.45) is 0 Å². The maximum absolute atomic E-state index is 13.6. The van der Waals surface area contributed by atoms with E-state index in [-0.39, 0.29) is 28.9 Å². The zero-order valence-electron chi connectivity index (χ0n) is 18.2. The molecule has 0 fully saturated rings. The van der Waals surface area contributed by atoms with E-state index in [0.717, 1.165) is 11.1 Å². The van der Waals surface area contributed by atoms with Crippen LogP contribution in [0, 0.1) is 12.7 Å². The van der Waals surface area contributed by atoms with Crippen molar-refractivity contribution >= 4 is 21.6 Å². The number of carbonyl (C=O) groups excluding carboxylic acids is 1. The molecule has 0 aromatic heterocycles. The molecular formula is C24H26FN3O3S. The van der Waals surface area contributed by atoms with Gasteiger partial charge in [0.15, 0.2) is 0 Å². The summed E-state index contributed by atoms with van der Waals surface area (Å²) in [5.41, 5.74) is 2.40. The second kappa shape index (κ2) is 9.93. The van der Waals surface area contributed by atoms with Crippen LogP contribution in [-0.4, -0.2) is 39.9 Å². The molecule has 0 aliphatic heterocycles. The molecule has 168 valence electrons. The molecule has 0 heterocycles. The normalized spacial score (nSPS) is 12.4. The van der Waals surface area contributed by atoms with Crippen molar-refractivity contribution in [3.63, 3.8) is 0 Å². The predicted molar refractivity (Wildman–Crippen MR) is 124 cm³/mol. The van der Waals surface area contributed by atoms with E-state index >= 15 is 0 Å². The minimum atomic E-state index is -3.85. The summed E-state index contributed by atoms with van der Waals surface area (Å²) < 4.78 is 41.6. The third-order valence-electron chi connectivity index (χ3n) is 5.02. The summed E-state index contributed by atoms with van der Waals surface area (Å²) in [4.78, 5) is 14.6. The van der Waals surface area contributed by atoms with E-state index in [0.29, 0.717) is 5.69 Å². The molecule has 0 aliphatic rings. The van der Waals surface area contributed by atoms with Crippen LogP contribution in [0.1, 0.15) is 27.5 Å². The van der Waals surface area contributed by atoms with Crippen molar-refractivity contribution in [2.75, 3.05) is 25.4 Å². The van der Waals surface area contributed by atoms with E-state index in [2.05, 4.69) is 10.0 Å². The maximum atomic E-state index is 13.6. The largest absolute Gasteiger partial charge is 0.350 e. The first kappa shape index (κ1) is 23.4. The van der Waals surface area contributed by atoms with Crippen LogP contribution in [0.4, 0.5) is 10.1 Å². The SMILES string of the molecule is Cc1ccc(NS(=O)(=O)c2cccc(C(=O)NC[C@H](c3cccc(F)c3)N(C)C)c2)cc1. The number of hydrogen-bond acceptors (Lipinski definition) is 4. The Morgan fingerprint density at radius 1 is 1.00 bits per heavy atom. The van der Waals surface area contributed by atoms with Gasteiger partial charge in [-0.05, 0) is 69.0 Å². The summed E-state index contributed by atoms with van der Waals surface area (Å²) in [6.45, 7) is 2.14. The number of amides is 1. The molecule has 1 atom stereocenters. The molecule has 0 saturated carbocycles. The molecule has 1 amide bonds. The van der Waals surface area contributed by atoms with E-state index in [4.69, 9.17) is 0 Å². The molecule has 2 N–H and O–H groups in total. The van der Waals surface area contributed by atoms with Crippen LogP contribution >= 0.6 is 0 Å². The van der Waals surface area contributed by atoms with Gasteiger partial charge in [-0.15, -0.1) is 0 Å². The average molecular weight is 456 g/mol. The molecule has 6 nitrogen and oxygen atoms in total. The van der Waals surface area contributed by atoms with Gasteiger partial charge in [0.05, 0.1) is 10.9 Å². The molecule has 8 heteroatoms. The second-order valence-electron chi connectivity index (χ2n) is 7.74. The third-order valence-corrected chi connectivity index (χ3v) is 6.40. The summed E-state index contributed by atoms with van der Waals surface area (Å²) in [6.07, 6.45) is 0. The lowest BCUT2D eigenvalue weighted by atomic mass is 10.1. The van der Waals surface area contributed by atoms with Gasteiger partial charge in [0.2, 0.25) is 0 Å². The number of nitrogens with zero attached hydrogens (tertiary/aromatic N) is 1. The summed E-state index contributed by atoms with van der Waals surface area (Å²) in [5.74, 6) is -0.764. The number of sulfonamides is 1. The number of hydrogen-bond donors (Lipinski definition) is 2. The number of carbonyl (C=O) groups is 1. The van der Waals surface area contributed by atoms with Crippen molar-refractivity contribution in [1.29, 1.82) is 0 Å². The van der Waals surface area contributed by atoms with Crippen molar-refractivity contribution < 1.29 is 17.6 Å². The van der Waals surface area contributed by atoms with Gasteiger partial charge in [-0.3, -0.25) is 9.52 Å². The van der Waals surface area contributed by atoms with Crippen LogP contribution in [0.15, 0.2) is 77.7 Å². The summed E-state index contributed by atoms with van der Waals surface area (Å²) >= 11 is 0. The topological polar surface area (TPSA) is 78.5 Å². The Balaban J connectivity index is 1.73. The van der Waals surface area contributed by atoms with Crippen LogP contribution in [0.25, 0.3) is 0 Å². The molecule has 0 bridgehead atoms. The highest BCUT2D eigenvalue weighted by Gasteiger charge is 2.19. The number of halogens is 1. The number of aryl methyl sites for hydroxylation is 1. The number of rotatable bonds is 8. The van der Waals surface area contributed by atoms with Gasteiger partial charge in [-0.25, -0.2) is 12.8 Å². The number of anilines is 1. The molecule has 0 radical (unpaired) electrons. The maximum Gasteiger partial charge on any atom is 0.261 e. The Labute approximate surface area is 188 Å². The van der Waals surface area contributed by atoms with Crippen LogP contribution < -0.4 is 10.0 Å². The lowest BCUT2D eigenvalue weighted by molar-refractivity contribution is 0.0941. The highest BCUT2D eigenvalue weighted by Crippen LogP contribution is 2.20. The van der Waals surface area contributed by atoms with E-state index in [1.165, 1.54) is 30.3 Å². The number of nitrogens with one attached hydrogen (secondary N) is 2. The molecular weight excluding hydrogens is 429 g/mol. The zero-order valence-corrected chi connectivity index (χ0v) is 19.0. The number of benzene rings is 3. The molecule has 0 saturated heterocycles. The second-order valence-corrected chi connectivity index (χ2v) is 9.43. The van der Waals surface area contributed by atoms with Crippen molar-refractivity contribution in [3.8, 4) is 0 Å². The lowest BCUT2D eigenvalue weighted by Gasteiger charge is -2.25. The van der Waals surface area contributed by atoms with Gasteiger partial charge in [0, 0.05) is 17.8 Å². The quantitative estimate of drug-likeness (QED) is 0.539. The Morgan fingerprint density at radius 3 is 2.34 bits per heavy atom. The first-order chi connectivity index (χ1) is 15.2. The summed E-state index contributed by atoms with van der Waals surface area (Å²) in [7, 11) is -0.177. The summed E-state index contributed by atoms with van der Waals surface area (Å²) in [6, 6.07) is 18.8. The standard InChI is InChI=1S/C24H26FN3O3S/c1-17-10-12-21(13-11-17)27-32(30,31)22-9-5-7-19(15-22)24(29)26-16-23(28(2)3)18-6-4-8-20(25)14-18/h4-15,23,27H,16H2,1-3H3,(H,26,29)/t23-/m1/s1. The van der Waals surface area contributed by atoms with Crippen LogP contribution in [0.2, 0.25) is 0 Å². The molecule has 3 rings (SSSR count). The predicted octanol–water partition coefficient (Wildman–Crippen LogP) is 3.97. The molecule has 32 heavy (non-hydrogen) atoms. The van der Waals surface area contributed by atoms with Crippen LogP contribution in [0.5, 0.6) is 0 Å². The fourth-order valence-corrected chi connectivity index (χ4v) is 4.35. The Morgan fingerprint density at radius 2 is 1.69 bits per heavy atom. The van der Waals surface area contributed by atoms with Gasteiger partial charge >= 0.3 is 0 Å². The first-order valence-corrected chi connectivity index (χ1v) is 11.5. The third kappa shape index (κ3) is 5.93. The van der Waals surface area contributed by atoms with Gasteiger partial charge in [0.1, 0.15) is 5.82 Å². The first-order valence-electron chi connectivity index (χ1n) is 10.1. The Hall–Kier alpha value is -3.23. The molecule has 0 spiro atoms. The molecule has 3 aromatic rings. The van der Waals surface area contributed by atoms with Gasteiger partial charge in [-0.2, -0.15) is 0 Å². The van der Waals surface area contributed by atoms with Crippen molar-refractivity contribution in [3.05, 3.63) is 95.3 Å². The molecule has 0 unspecified atom stereocenters. The lowest BCUT2D eigenvalue weighted by Crippen LogP contribution is -2.34. The summed E-state index contributed by atoms with van der Waals surface area (Å²) in [5, 5.41) is 2.81. The van der Waals surface area contributed by atoms with E-state index in [9.17, 15) is 17.6 Å². The van der Waals surface area contributed by atoms with Crippen LogP contribution in [0.3, 0.4) is 0 Å². The highest BCUT2D eigenvalue weighted by molar-refractivity contribution is 7.92. The monoisotopic (exact) mass is 455 g/mol. The van der Waals surface area contributed by atoms with Gasteiger partial charge in [0.25, 0.3) is 15.9 Å². The van der Waals surface area contributed by atoms with E-state index in [1.807, 2.05) is 38.1 Å². The molecule has 0 aliphatic carbocycles. The van der Waals surface area contributed by atoms with Crippen molar-refractivity contribution in [1.82, 2.24) is 10.2 Å². The van der Waals surface area contributed by atoms with Gasteiger partial charge in [-0.1, -0.05) is 35.9 Å². The fourth-order valence-electron chi connectivity index (χ4n) is 3.24. The minimum Gasteiger partial charge on any atom is -0.350 e. The highest BCUT2D eigenvalue weighted by atomic mass is 32.2. The zero-order chi connectivity index (χ0) is 23.3. The Bertz CT molecular complexity index is 1200. The minimum absolute atomic E-state index is 0.0139. The smallest absolute Gasteiger partial charge is 0.261 e. The van der Waals surface area contributed by atoms with Crippen molar-refractivity contribution in [2.45, 2.75) is 17.9 Å². The Kier molecular flexibility index (Phi) is 7.27. The molecule has 3 aromatic carbocycles. The van der Waals surface area contributed by atoms with E-state index < -0.39 is 15.9 Å². The average Bonchev–Trinajstić information content (AvgIpc) is 2.75. The van der Waals surface area contributed by atoms with Gasteiger partial charge < -0.3 is 10.2 Å². The van der Waals surface area contributed by atoms with E-state index in [1.54, 1.807) is 30.3 Å². The van der Waals surface area contributed by atoms with Crippen LogP contribution in [-0.2, 0) is 10.0 Å². The fraction of sp³-hybridized carbons (Fsp3) is 0.208.